The lowest BCUT2D eigenvalue weighted by Gasteiger charge is -2.36. The summed E-state index contributed by atoms with van der Waals surface area (Å²) in [6.45, 7) is 0.871. The van der Waals surface area contributed by atoms with Gasteiger partial charge in [-0.1, -0.05) is 11.6 Å². The lowest BCUT2D eigenvalue weighted by atomic mass is 9.91. The van der Waals surface area contributed by atoms with Gasteiger partial charge in [-0.05, 0) is 50.2 Å². The summed E-state index contributed by atoms with van der Waals surface area (Å²) in [5, 5.41) is 11.0. The summed E-state index contributed by atoms with van der Waals surface area (Å²) in [6.07, 6.45) is 5.15. The zero-order chi connectivity index (χ0) is 13.4. The number of hydrogen-bond acceptors (Lipinski definition) is 5. The zero-order valence-corrected chi connectivity index (χ0v) is 12.3. The van der Waals surface area contributed by atoms with Gasteiger partial charge in [0.2, 0.25) is 5.28 Å². The van der Waals surface area contributed by atoms with E-state index in [-0.39, 0.29) is 10.4 Å². The number of rotatable bonds is 3. The van der Waals surface area contributed by atoms with Crippen LogP contribution in [0.5, 0.6) is 0 Å². The van der Waals surface area contributed by atoms with Gasteiger partial charge in [0.25, 0.3) is 0 Å². The summed E-state index contributed by atoms with van der Waals surface area (Å²) in [5.74, 6) is 1.20. The van der Waals surface area contributed by atoms with Crippen molar-refractivity contribution in [2.45, 2.75) is 37.8 Å². The van der Waals surface area contributed by atoms with Crippen molar-refractivity contribution < 1.29 is 0 Å². The van der Waals surface area contributed by atoms with Crippen molar-refractivity contribution in [1.82, 2.24) is 20.1 Å². The van der Waals surface area contributed by atoms with Crippen LogP contribution in [0.25, 0.3) is 0 Å². The Morgan fingerprint density at radius 3 is 2.58 bits per heavy atom. The number of anilines is 1. The van der Waals surface area contributed by atoms with Gasteiger partial charge in [0.1, 0.15) is 0 Å². The molecule has 7 heteroatoms. The first kappa shape index (κ1) is 13.3. The average Bonchev–Trinajstić information content (AvgIpc) is 2.63. The molecule has 3 heterocycles. The molecular weight excluding hydrogens is 285 g/mol. The Labute approximate surface area is 122 Å². The Kier molecular flexibility index (Phi) is 3.78. The fraction of sp³-hybridized carbons (Fsp3) is 0.750. The molecule has 104 valence electrons. The average molecular weight is 302 g/mol. The number of fused-ring (bicyclic) bond motifs is 2. The minimum atomic E-state index is 0.121. The normalized spacial score (nSPS) is 30.6. The van der Waals surface area contributed by atoms with Crippen LogP contribution in [0, 0.1) is 5.92 Å². The molecule has 1 aromatic heterocycles. The van der Waals surface area contributed by atoms with Gasteiger partial charge in [-0.25, -0.2) is 0 Å². The molecule has 2 unspecified atom stereocenters. The summed E-state index contributed by atoms with van der Waals surface area (Å²) < 4.78 is 0. The van der Waals surface area contributed by atoms with Crippen LogP contribution in [0.2, 0.25) is 10.4 Å². The number of nitrogens with zero attached hydrogens (tertiary/aromatic N) is 4. The smallest absolute Gasteiger partial charge is 0.245 e. The minimum absolute atomic E-state index is 0.121. The highest BCUT2D eigenvalue weighted by molar-refractivity contribution is 6.32. The number of aromatic nitrogens is 3. The maximum atomic E-state index is 5.94. The molecule has 0 amide bonds. The van der Waals surface area contributed by atoms with E-state index < -0.39 is 0 Å². The Hall–Kier alpha value is -0.650. The van der Waals surface area contributed by atoms with Crippen molar-refractivity contribution in [3.8, 4) is 0 Å². The van der Waals surface area contributed by atoms with Crippen molar-refractivity contribution in [2.24, 2.45) is 5.92 Å². The van der Waals surface area contributed by atoms with Gasteiger partial charge in [-0.2, -0.15) is 4.98 Å². The first-order chi connectivity index (χ1) is 9.13. The number of halogens is 2. The quantitative estimate of drug-likeness (QED) is 0.929. The van der Waals surface area contributed by atoms with Crippen LogP contribution in [0.4, 0.5) is 5.82 Å². The summed E-state index contributed by atoms with van der Waals surface area (Å²) in [7, 11) is 2.25. The topological polar surface area (TPSA) is 53.9 Å². The van der Waals surface area contributed by atoms with E-state index >= 15 is 0 Å². The molecule has 2 aliphatic heterocycles. The predicted molar refractivity (Wildman–Crippen MR) is 75.6 cm³/mol. The van der Waals surface area contributed by atoms with Gasteiger partial charge < -0.3 is 10.2 Å². The molecule has 3 rings (SSSR count). The van der Waals surface area contributed by atoms with Crippen LogP contribution in [-0.4, -0.2) is 45.8 Å². The minimum Gasteiger partial charge on any atom is -0.367 e. The largest absolute Gasteiger partial charge is 0.367 e. The Balaban J connectivity index is 1.60. The number of nitrogens with one attached hydrogen (secondary N) is 1. The summed E-state index contributed by atoms with van der Waals surface area (Å²) >= 11 is 11.7. The predicted octanol–water partition coefficient (Wildman–Crippen LogP) is 2.46. The van der Waals surface area contributed by atoms with Crippen molar-refractivity contribution in [2.75, 3.05) is 18.9 Å². The first-order valence-corrected chi connectivity index (χ1v) is 7.40. The van der Waals surface area contributed by atoms with Crippen LogP contribution >= 0.6 is 23.2 Å². The Morgan fingerprint density at radius 1 is 1.21 bits per heavy atom. The van der Waals surface area contributed by atoms with Crippen LogP contribution in [-0.2, 0) is 0 Å². The van der Waals surface area contributed by atoms with Crippen LogP contribution in [0.1, 0.15) is 25.7 Å². The summed E-state index contributed by atoms with van der Waals surface area (Å²) in [6, 6.07) is 1.49. The third-order valence-corrected chi connectivity index (χ3v) is 4.79. The van der Waals surface area contributed by atoms with Crippen molar-refractivity contribution in [3.05, 3.63) is 10.4 Å². The van der Waals surface area contributed by atoms with Gasteiger partial charge in [0.05, 0.1) is 0 Å². The number of hydrogen-bond donors (Lipinski definition) is 1. The highest BCUT2D eigenvalue weighted by atomic mass is 35.5. The van der Waals surface area contributed by atoms with Gasteiger partial charge in [-0.15, -0.1) is 10.2 Å². The van der Waals surface area contributed by atoms with E-state index in [4.69, 9.17) is 23.2 Å². The monoisotopic (exact) mass is 301 g/mol. The molecule has 0 spiro atoms. The van der Waals surface area contributed by atoms with Gasteiger partial charge >= 0.3 is 0 Å². The molecule has 0 aliphatic carbocycles. The molecular formula is C12H17Cl2N5. The van der Waals surface area contributed by atoms with Crippen LogP contribution < -0.4 is 5.32 Å². The van der Waals surface area contributed by atoms with Crippen molar-refractivity contribution >= 4 is 29.0 Å². The molecule has 2 bridgehead atoms. The van der Waals surface area contributed by atoms with Crippen molar-refractivity contribution in [1.29, 1.82) is 0 Å². The highest BCUT2D eigenvalue weighted by Gasteiger charge is 2.38. The van der Waals surface area contributed by atoms with Crippen molar-refractivity contribution in [3.63, 3.8) is 0 Å². The lowest BCUT2D eigenvalue weighted by Crippen LogP contribution is -2.41. The molecule has 2 atom stereocenters. The van der Waals surface area contributed by atoms with Crippen LogP contribution in [0.15, 0.2) is 0 Å². The first-order valence-electron chi connectivity index (χ1n) is 6.65. The van der Waals surface area contributed by atoms with E-state index in [0.29, 0.717) is 11.7 Å². The van der Waals surface area contributed by atoms with E-state index in [2.05, 4.69) is 32.4 Å². The standard InChI is InChI=1S/C12H17Cl2N5/c1-19-8-2-3-9(19)5-7(4-8)6-15-11-10(13)17-18-12(14)16-11/h7-9H,2-6H2,1H3,(H,15,16,18). The third kappa shape index (κ3) is 2.78. The molecule has 1 N–H and O–H groups in total. The van der Waals surface area contributed by atoms with Gasteiger partial charge in [-0.3, -0.25) is 0 Å². The summed E-state index contributed by atoms with van der Waals surface area (Å²) in [5.41, 5.74) is 0. The molecule has 0 radical (unpaired) electrons. The SMILES string of the molecule is CN1C2CCC1CC(CNc1nc(Cl)nnc1Cl)C2. The Morgan fingerprint density at radius 2 is 1.89 bits per heavy atom. The second-order valence-corrected chi connectivity index (χ2v) is 6.19. The van der Waals surface area contributed by atoms with E-state index in [1.165, 1.54) is 25.7 Å². The summed E-state index contributed by atoms with van der Waals surface area (Å²) in [4.78, 5) is 6.60. The number of piperidine rings is 1. The fourth-order valence-electron chi connectivity index (χ4n) is 3.34. The zero-order valence-electron chi connectivity index (χ0n) is 10.8. The molecule has 0 aromatic carbocycles. The van der Waals surface area contributed by atoms with Crippen LogP contribution in [0.3, 0.4) is 0 Å². The maximum absolute atomic E-state index is 5.94. The van der Waals surface area contributed by atoms with Gasteiger partial charge in [0.15, 0.2) is 11.0 Å². The maximum Gasteiger partial charge on any atom is 0.245 e. The van der Waals surface area contributed by atoms with E-state index in [9.17, 15) is 0 Å². The molecule has 19 heavy (non-hydrogen) atoms. The van der Waals surface area contributed by atoms with Gasteiger partial charge in [0, 0.05) is 18.6 Å². The van der Waals surface area contributed by atoms with E-state index in [1.54, 1.807) is 0 Å². The second-order valence-electron chi connectivity index (χ2n) is 5.49. The Bertz CT molecular complexity index is 455. The highest BCUT2D eigenvalue weighted by Crippen LogP contribution is 2.37. The molecule has 2 aliphatic rings. The fourth-order valence-corrected chi connectivity index (χ4v) is 3.61. The van der Waals surface area contributed by atoms with E-state index in [1.807, 2.05) is 0 Å². The second kappa shape index (κ2) is 5.38. The molecule has 0 saturated carbocycles. The third-order valence-electron chi connectivity index (χ3n) is 4.37. The van der Waals surface area contributed by atoms with E-state index in [0.717, 1.165) is 18.6 Å². The molecule has 5 nitrogen and oxygen atoms in total. The molecule has 1 aromatic rings. The molecule has 2 saturated heterocycles. The molecule has 2 fully saturated rings. The lowest BCUT2D eigenvalue weighted by molar-refractivity contribution is 0.139.